The predicted octanol–water partition coefficient (Wildman–Crippen LogP) is 4.14. The van der Waals surface area contributed by atoms with E-state index < -0.39 is 0 Å². The minimum Gasteiger partial charge on any atom is -0.490 e. The van der Waals surface area contributed by atoms with E-state index in [1.54, 1.807) is 0 Å². The lowest BCUT2D eigenvalue weighted by molar-refractivity contribution is 0.155. The van der Waals surface area contributed by atoms with Crippen molar-refractivity contribution < 1.29 is 9.53 Å². The van der Waals surface area contributed by atoms with E-state index in [1.165, 1.54) is 19.3 Å². The predicted molar refractivity (Wildman–Crippen MR) is 107 cm³/mol. The monoisotopic (exact) mass is 367 g/mol. The van der Waals surface area contributed by atoms with Gasteiger partial charge in [-0.3, -0.25) is 4.98 Å². The van der Waals surface area contributed by atoms with Gasteiger partial charge in [0.25, 0.3) is 0 Å². The van der Waals surface area contributed by atoms with Crippen LogP contribution in [0.1, 0.15) is 48.9 Å². The van der Waals surface area contributed by atoms with Crippen LogP contribution in [0.15, 0.2) is 42.6 Å². The standard InChI is InChI=1S/C22H29N3O2/c1-17-10-11-18(15-24-17)12-13-23-22(26)25-16-19-6-5-9-21(14-19)27-20-7-3-2-4-8-20/h5-6,9-11,14-15,20H,2-4,7-8,12-13,16H2,1H3,(H2,23,25,26). The van der Waals surface area contributed by atoms with Crippen LogP contribution in [0, 0.1) is 6.92 Å². The van der Waals surface area contributed by atoms with E-state index in [0.29, 0.717) is 19.2 Å². The number of rotatable bonds is 7. The van der Waals surface area contributed by atoms with Crippen LogP contribution < -0.4 is 15.4 Å². The normalized spacial score (nSPS) is 14.6. The van der Waals surface area contributed by atoms with Gasteiger partial charge in [0.05, 0.1) is 6.10 Å². The molecule has 1 aromatic heterocycles. The number of hydrogen-bond donors (Lipinski definition) is 2. The number of urea groups is 1. The fourth-order valence-corrected chi connectivity index (χ4v) is 3.32. The van der Waals surface area contributed by atoms with Crippen LogP contribution in [-0.4, -0.2) is 23.7 Å². The summed E-state index contributed by atoms with van der Waals surface area (Å²) in [5, 5.41) is 5.79. The smallest absolute Gasteiger partial charge is 0.315 e. The lowest BCUT2D eigenvalue weighted by Gasteiger charge is -2.23. The summed E-state index contributed by atoms with van der Waals surface area (Å²) < 4.78 is 6.09. The maximum absolute atomic E-state index is 12.0. The van der Waals surface area contributed by atoms with Gasteiger partial charge in [-0.25, -0.2) is 4.79 Å². The number of carbonyl (C=O) groups excluding carboxylic acids is 1. The van der Waals surface area contributed by atoms with Crippen LogP contribution in [0.5, 0.6) is 5.75 Å². The van der Waals surface area contributed by atoms with Gasteiger partial charge in [0.15, 0.2) is 0 Å². The summed E-state index contributed by atoms with van der Waals surface area (Å²) in [6.45, 7) is 3.03. The van der Waals surface area contributed by atoms with Gasteiger partial charge in [-0.2, -0.15) is 0 Å². The molecule has 1 aromatic carbocycles. The van der Waals surface area contributed by atoms with E-state index >= 15 is 0 Å². The van der Waals surface area contributed by atoms with Crippen molar-refractivity contribution in [3.8, 4) is 5.75 Å². The van der Waals surface area contributed by atoms with Crippen molar-refractivity contribution in [3.05, 3.63) is 59.4 Å². The molecule has 0 saturated heterocycles. The first-order valence-electron chi connectivity index (χ1n) is 9.88. The summed E-state index contributed by atoms with van der Waals surface area (Å²) in [6, 6.07) is 11.9. The third-order valence-corrected chi connectivity index (χ3v) is 4.88. The Morgan fingerprint density at radius 1 is 1.11 bits per heavy atom. The Labute approximate surface area is 161 Å². The second-order valence-electron chi connectivity index (χ2n) is 7.19. The van der Waals surface area contributed by atoms with Crippen molar-refractivity contribution >= 4 is 6.03 Å². The maximum Gasteiger partial charge on any atom is 0.315 e. The maximum atomic E-state index is 12.0. The Morgan fingerprint density at radius 2 is 1.96 bits per heavy atom. The second-order valence-corrected chi connectivity index (χ2v) is 7.19. The summed E-state index contributed by atoms with van der Waals surface area (Å²) in [5.74, 6) is 0.897. The Hall–Kier alpha value is -2.56. The van der Waals surface area contributed by atoms with Crippen molar-refractivity contribution in [1.82, 2.24) is 15.6 Å². The molecule has 2 N–H and O–H groups in total. The zero-order valence-corrected chi connectivity index (χ0v) is 16.0. The fraction of sp³-hybridized carbons (Fsp3) is 0.455. The molecule has 1 aliphatic rings. The van der Waals surface area contributed by atoms with Gasteiger partial charge in [-0.15, -0.1) is 0 Å². The first-order chi connectivity index (χ1) is 13.2. The van der Waals surface area contributed by atoms with Crippen LogP contribution in [0.4, 0.5) is 4.79 Å². The number of ether oxygens (including phenoxy) is 1. The molecule has 0 unspecified atom stereocenters. The molecule has 1 saturated carbocycles. The van der Waals surface area contributed by atoms with E-state index in [0.717, 1.165) is 41.8 Å². The van der Waals surface area contributed by atoms with Gasteiger partial charge in [-0.1, -0.05) is 24.6 Å². The van der Waals surface area contributed by atoms with Crippen molar-refractivity contribution in [1.29, 1.82) is 0 Å². The highest BCUT2D eigenvalue weighted by molar-refractivity contribution is 5.73. The molecule has 1 heterocycles. The van der Waals surface area contributed by atoms with E-state index in [-0.39, 0.29) is 6.03 Å². The SMILES string of the molecule is Cc1ccc(CCNC(=O)NCc2cccc(OC3CCCCC3)c2)cn1. The zero-order chi connectivity index (χ0) is 18.9. The molecule has 0 spiro atoms. The number of aromatic nitrogens is 1. The summed E-state index contributed by atoms with van der Waals surface area (Å²) in [4.78, 5) is 16.3. The van der Waals surface area contributed by atoms with Gasteiger partial charge >= 0.3 is 6.03 Å². The number of carbonyl (C=O) groups is 1. The fourth-order valence-electron chi connectivity index (χ4n) is 3.32. The molecule has 5 heteroatoms. The van der Waals surface area contributed by atoms with E-state index in [4.69, 9.17) is 4.74 Å². The van der Waals surface area contributed by atoms with Gasteiger partial charge in [0.2, 0.25) is 0 Å². The van der Waals surface area contributed by atoms with Crippen molar-refractivity contribution in [2.75, 3.05) is 6.54 Å². The molecule has 0 bridgehead atoms. The van der Waals surface area contributed by atoms with Crippen LogP contribution in [-0.2, 0) is 13.0 Å². The second kappa shape index (κ2) is 9.95. The number of pyridine rings is 1. The van der Waals surface area contributed by atoms with Gasteiger partial charge < -0.3 is 15.4 Å². The van der Waals surface area contributed by atoms with Crippen molar-refractivity contribution in [3.63, 3.8) is 0 Å². The Morgan fingerprint density at radius 3 is 2.74 bits per heavy atom. The quantitative estimate of drug-likeness (QED) is 0.773. The third kappa shape index (κ3) is 6.59. The third-order valence-electron chi connectivity index (χ3n) is 4.88. The lowest BCUT2D eigenvalue weighted by atomic mass is 9.98. The molecular weight excluding hydrogens is 338 g/mol. The van der Waals surface area contributed by atoms with Gasteiger partial charge in [0.1, 0.15) is 5.75 Å². The molecule has 0 atom stereocenters. The average molecular weight is 367 g/mol. The van der Waals surface area contributed by atoms with Crippen LogP contribution in [0.2, 0.25) is 0 Å². The number of hydrogen-bond acceptors (Lipinski definition) is 3. The van der Waals surface area contributed by atoms with Crippen molar-refractivity contribution in [2.45, 2.75) is 58.1 Å². The first kappa shape index (κ1) is 19.2. The summed E-state index contributed by atoms with van der Waals surface area (Å²) in [6.07, 6.45) is 9.07. The number of nitrogens with one attached hydrogen (secondary N) is 2. The largest absolute Gasteiger partial charge is 0.490 e. The van der Waals surface area contributed by atoms with E-state index in [2.05, 4.69) is 15.6 Å². The van der Waals surface area contributed by atoms with E-state index in [1.807, 2.05) is 49.5 Å². The highest BCUT2D eigenvalue weighted by Gasteiger charge is 2.14. The molecule has 27 heavy (non-hydrogen) atoms. The van der Waals surface area contributed by atoms with Crippen LogP contribution >= 0.6 is 0 Å². The topological polar surface area (TPSA) is 63.2 Å². The molecular formula is C22H29N3O2. The van der Waals surface area contributed by atoms with Gasteiger partial charge in [0, 0.05) is 25.0 Å². The first-order valence-corrected chi connectivity index (χ1v) is 9.88. The Bertz CT molecular complexity index is 725. The number of nitrogens with zero attached hydrogens (tertiary/aromatic N) is 1. The highest BCUT2D eigenvalue weighted by atomic mass is 16.5. The van der Waals surface area contributed by atoms with E-state index in [9.17, 15) is 4.79 Å². The molecule has 2 aromatic rings. The molecule has 3 rings (SSSR count). The number of benzene rings is 1. The molecule has 0 radical (unpaired) electrons. The van der Waals surface area contributed by atoms with Gasteiger partial charge in [-0.05, 0) is 68.4 Å². The molecule has 0 aliphatic heterocycles. The minimum atomic E-state index is -0.159. The molecule has 1 aliphatic carbocycles. The van der Waals surface area contributed by atoms with Crippen LogP contribution in [0.25, 0.3) is 0 Å². The molecule has 1 fully saturated rings. The number of amides is 2. The van der Waals surface area contributed by atoms with Crippen LogP contribution in [0.3, 0.4) is 0 Å². The summed E-state index contributed by atoms with van der Waals surface area (Å²) in [7, 11) is 0. The zero-order valence-electron chi connectivity index (χ0n) is 16.0. The highest BCUT2D eigenvalue weighted by Crippen LogP contribution is 2.23. The lowest BCUT2D eigenvalue weighted by Crippen LogP contribution is -2.36. The summed E-state index contributed by atoms with van der Waals surface area (Å²) >= 11 is 0. The Balaban J connectivity index is 1.39. The summed E-state index contributed by atoms with van der Waals surface area (Å²) in [5.41, 5.74) is 3.16. The van der Waals surface area contributed by atoms with Crippen molar-refractivity contribution in [2.24, 2.45) is 0 Å². The molecule has 144 valence electrons. The average Bonchev–Trinajstić information content (AvgIpc) is 2.69. The number of aryl methyl sites for hydroxylation is 1. The minimum absolute atomic E-state index is 0.159. The Kier molecular flexibility index (Phi) is 7.08. The molecule has 2 amide bonds. The molecule has 5 nitrogen and oxygen atoms in total.